The third-order valence-electron chi connectivity index (χ3n) is 4.18. The Bertz CT molecular complexity index is 468. The van der Waals surface area contributed by atoms with Gasteiger partial charge >= 0.3 is 5.97 Å². The molecule has 1 atom stereocenters. The van der Waals surface area contributed by atoms with Gasteiger partial charge in [0.05, 0.1) is 7.11 Å². The second kappa shape index (κ2) is 7.07. The van der Waals surface area contributed by atoms with Crippen LogP contribution in [0.15, 0.2) is 12.4 Å². The van der Waals surface area contributed by atoms with E-state index in [9.17, 15) is 4.79 Å². The number of hydrogen-bond donors (Lipinski definition) is 1. The number of ether oxygens (including phenoxy) is 1. The van der Waals surface area contributed by atoms with Gasteiger partial charge in [-0.2, -0.15) is 0 Å². The Labute approximate surface area is 127 Å². The molecule has 1 saturated carbocycles. The van der Waals surface area contributed by atoms with Gasteiger partial charge in [-0.3, -0.25) is 10.1 Å². The van der Waals surface area contributed by atoms with Crippen molar-refractivity contribution in [1.29, 1.82) is 0 Å². The largest absolute Gasteiger partial charge is 0.468 e. The van der Waals surface area contributed by atoms with Crippen molar-refractivity contribution in [3.05, 3.63) is 18.2 Å². The van der Waals surface area contributed by atoms with Gasteiger partial charge in [0.2, 0.25) is 0 Å². The summed E-state index contributed by atoms with van der Waals surface area (Å²) in [4.78, 5) is 16.3. The Morgan fingerprint density at radius 3 is 2.90 bits per heavy atom. The molecule has 1 aliphatic carbocycles. The number of aryl methyl sites for hydroxylation is 2. The summed E-state index contributed by atoms with van der Waals surface area (Å²) >= 11 is 0. The van der Waals surface area contributed by atoms with Crippen molar-refractivity contribution in [1.82, 2.24) is 14.9 Å². The Morgan fingerprint density at radius 1 is 1.52 bits per heavy atom. The number of carbonyl (C=O) groups is 1. The minimum absolute atomic E-state index is 0.147. The molecule has 0 aromatic carbocycles. The van der Waals surface area contributed by atoms with Crippen molar-refractivity contribution < 1.29 is 9.53 Å². The molecule has 1 N–H and O–H groups in total. The zero-order valence-electron chi connectivity index (χ0n) is 13.4. The second-order valence-corrected chi connectivity index (χ2v) is 6.09. The lowest BCUT2D eigenvalue weighted by atomic mass is 9.94. The maximum absolute atomic E-state index is 12.0. The van der Waals surface area contributed by atoms with Gasteiger partial charge < -0.3 is 9.30 Å². The van der Waals surface area contributed by atoms with E-state index < -0.39 is 5.54 Å². The molecule has 5 nitrogen and oxygen atoms in total. The fourth-order valence-electron chi connectivity index (χ4n) is 2.76. The molecule has 1 heterocycles. The number of nitrogens with zero attached hydrogens (tertiary/aromatic N) is 2. The predicted octanol–water partition coefficient (Wildman–Crippen LogP) is 2.30. The van der Waals surface area contributed by atoms with E-state index in [-0.39, 0.29) is 5.97 Å². The van der Waals surface area contributed by atoms with Crippen molar-refractivity contribution in [3.63, 3.8) is 0 Å². The van der Waals surface area contributed by atoms with Gasteiger partial charge in [0.25, 0.3) is 0 Å². The van der Waals surface area contributed by atoms with Crippen molar-refractivity contribution in [2.45, 2.75) is 70.5 Å². The lowest BCUT2D eigenvalue weighted by Crippen LogP contribution is -2.51. The number of aromatic nitrogens is 2. The van der Waals surface area contributed by atoms with Crippen LogP contribution in [0.4, 0.5) is 0 Å². The van der Waals surface area contributed by atoms with Gasteiger partial charge in [0, 0.05) is 31.4 Å². The minimum atomic E-state index is -0.543. The number of methoxy groups -OCH3 is 1. The molecular weight excluding hydrogens is 266 g/mol. The van der Waals surface area contributed by atoms with Crippen LogP contribution in [0.3, 0.4) is 0 Å². The highest BCUT2D eigenvalue weighted by molar-refractivity contribution is 5.80. The van der Waals surface area contributed by atoms with Crippen molar-refractivity contribution in [2.24, 2.45) is 0 Å². The van der Waals surface area contributed by atoms with Crippen LogP contribution in [-0.2, 0) is 22.5 Å². The SMILES string of the molecule is CCc1nccn1CCCCC(C)(NC1CC1)C(=O)OC. The molecule has 0 saturated heterocycles. The summed E-state index contributed by atoms with van der Waals surface area (Å²) < 4.78 is 7.17. The third-order valence-corrected chi connectivity index (χ3v) is 4.18. The maximum Gasteiger partial charge on any atom is 0.325 e. The summed E-state index contributed by atoms with van der Waals surface area (Å²) in [7, 11) is 1.47. The molecule has 118 valence electrons. The summed E-state index contributed by atoms with van der Waals surface area (Å²) in [6.07, 6.45) is 10.0. The molecule has 0 aliphatic heterocycles. The van der Waals surface area contributed by atoms with E-state index in [4.69, 9.17) is 4.74 Å². The first-order valence-electron chi connectivity index (χ1n) is 7.95. The summed E-state index contributed by atoms with van der Waals surface area (Å²) in [6, 6.07) is 0.495. The number of nitrogens with one attached hydrogen (secondary N) is 1. The van der Waals surface area contributed by atoms with Crippen LogP contribution in [0.5, 0.6) is 0 Å². The zero-order valence-corrected chi connectivity index (χ0v) is 13.4. The molecule has 0 amide bonds. The van der Waals surface area contributed by atoms with Crippen LogP contribution >= 0.6 is 0 Å². The monoisotopic (exact) mass is 293 g/mol. The molecule has 0 bridgehead atoms. The average Bonchev–Trinajstić information content (AvgIpc) is 3.17. The number of hydrogen-bond acceptors (Lipinski definition) is 4. The number of imidazole rings is 1. The summed E-state index contributed by atoms with van der Waals surface area (Å²) in [5.41, 5.74) is -0.543. The molecule has 0 spiro atoms. The van der Waals surface area contributed by atoms with Crippen molar-refractivity contribution >= 4 is 5.97 Å². The first-order chi connectivity index (χ1) is 10.1. The Kier molecular flexibility index (Phi) is 5.39. The summed E-state index contributed by atoms with van der Waals surface area (Å²) in [5, 5.41) is 3.44. The van der Waals surface area contributed by atoms with Gasteiger partial charge in [0.15, 0.2) is 0 Å². The molecule has 5 heteroatoms. The Hall–Kier alpha value is -1.36. The minimum Gasteiger partial charge on any atom is -0.468 e. The van der Waals surface area contributed by atoms with Crippen molar-refractivity contribution in [2.75, 3.05) is 7.11 Å². The van der Waals surface area contributed by atoms with Crippen LogP contribution in [0.2, 0.25) is 0 Å². The molecule has 1 fully saturated rings. The molecule has 1 aromatic rings. The van der Waals surface area contributed by atoms with Gasteiger partial charge in [-0.15, -0.1) is 0 Å². The van der Waals surface area contributed by atoms with E-state index in [0.29, 0.717) is 6.04 Å². The number of unbranched alkanes of at least 4 members (excludes halogenated alkanes) is 1. The molecule has 1 unspecified atom stereocenters. The number of carbonyl (C=O) groups excluding carboxylic acids is 1. The van der Waals surface area contributed by atoms with Gasteiger partial charge in [-0.25, -0.2) is 4.98 Å². The summed E-state index contributed by atoms with van der Waals surface area (Å²) in [6.45, 7) is 5.04. The van der Waals surface area contributed by atoms with Crippen molar-refractivity contribution in [3.8, 4) is 0 Å². The van der Waals surface area contributed by atoms with Crippen LogP contribution in [0, 0.1) is 0 Å². The number of rotatable bonds is 9. The average molecular weight is 293 g/mol. The highest BCUT2D eigenvalue weighted by Crippen LogP contribution is 2.26. The molecule has 0 radical (unpaired) electrons. The summed E-state index contributed by atoms with van der Waals surface area (Å²) in [5.74, 6) is 0.980. The van der Waals surface area contributed by atoms with Crippen LogP contribution in [-0.4, -0.2) is 34.2 Å². The smallest absolute Gasteiger partial charge is 0.325 e. The topological polar surface area (TPSA) is 56.2 Å². The standard InChI is InChI=1S/C16H27N3O2/c1-4-14-17-10-12-19(14)11-6-5-9-16(2,15(20)21-3)18-13-7-8-13/h10,12-13,18H,4-9,11H2,1-3H3. The highest BCUT2D eigenvalue weighted by atomic mass is 16.5. The van der Waals surface area contributed by atoms with E-state index in [1.807, 2.05) is 19.3 Å². The first-order valence-corrected chi connectivity index (χ1v) is 7.95. The molecule has 1 aromatic heterocycles. The van der Waals surface area contributed by atoms with Crippen LogP contribution in [0.25, 0.3) is 0 Å². The fraction of sp³-hybridized carbons (Fsp3) is 0.750. The number of esters is 1. The molecule has 2 rings (SSSR count). The van der Waals surface area contributed by atoms with Gasteiger partial charge in [0.1, 0.15) is 11.4 Å². The van der Waals surface area contributed by atoms with E-state index >= 15 is 0 Å². The van der Waals surface area contributed by atoms with E-state index in [2.05, 4.69) is 21.8 Å². The Morgan fingerprint density at radius 2 is 2.29 bits per heavy atom. The fourth-order valence-corrected chi connectivity index (χ4v) is 2.76. The lowest BCUT2D eigenvalue weighted by Gasteiger charge is -2.28. The molecular formula is C16H27N3O2. The van der Waals surface area contributed by atoms with E-state index in [1.54, 1.807) is 0 Å². The molecule has 1 aliphatic rings. The van der Waals surface area contributed by atoms with Crippen LogP contribution < -0.4 is 5.32 Å². The van der Waals surface area contributed by atoms with Gasteiger partial charge in [-0.05, 0) is 39.0 Å². The highest BCUT2D eigenvalue weighted by Gasteiger charge is 2.38. The third kappa shape index (κ3) is 4.30. The normalized spacial score (nSPS) is 17.5. The second-order valence-electron chi connectivity index (χ2n) is 6.09. The quantitative estimate of drug-likeness (QED) is 0.561. The Balaban J connectivity index is 1.80. The zero-order chi connectivity index (χ0) is 15.3. The lowest BCUT2D eigenvalue weighted by molar-refractivity contribution is -0.148. The predicted molar refractivity (Wildman–Crippen MR) is 82.0 cm³/mol. The van der Waals surface area contributed by atoms with Gasteiger partial charge in [-0.1, -0.05) is 6.92 Å². The van der Waals surface area contributed by atoms with Crippen LogP contribution in [0.1, 0.15) is 51.8 Å². The molecule has 21 heavy (non-hydrogen) atoms. The van der Waals surface area contributed by atoms with E-state index in [0.717, 1.165) is 38.1 Å². The maximum atomic E-state index is 12.0. The first kappa shape index (κ1) is 16.0. The van der Waals surface area contributed by atoms with E-state index in [1.165, 1.54) is 20.0 Å².